The van der Waals surface area contributed by atoms with E-state index in [1.165, 1.54) is 66.4 Å². The van der Waals surface area contributed by atoms with E-state index in [4.69, 9.17) is 0 Å². The molecule has 0 N–H and O–H groups in total. The summed E-state index contributed by atoms with van der Waals surface area (Å²) in [5, 5.41) is 11.2. The number of hydrogen-bond donors (Lipinski definition) is 0. The van der Waals surface area contributed by atoms with Gasteiger partial charge in [0.15, 0.2) is 0 Å². The van der Waals surface area contributed by atoms with Crippen molar-refractivity contribution < 1.29 is 15.4 Å². The Morgan fingerprint density at radius 1 is 0.422 bits per heavy atom. The first-order valence-electron chi connectivity index (χ1n) is 15.4. The van der Waals surface area contributed by atoms with E-state index in [1.807, 2.05) is 0 Å². The summed E-state index contributed by atoms with van der Waals surface area (Å²) in [6.07, 6.45) is 10.3. The van der Waals surface area contributed by atoms with E-state index in [-0.39, 0.29) is 24.8 Å². The molecule has 220 valence electrons. The number of allylic oxidation sites excluding steroid dienone is 2. The molecule has 4 heteroatoms. The van der Waals surface area contributed by atoms with Crippen LogP contribution in [0.4, 0.5) is 0 Å². The monoisotopic (exact) mass is 850 g/mol. The first-order valence-corrected chi connectivity index (χ1v) is 39.6. The van der Waals surface area contributed by atoms with Gasteiger partial charge in [-0.3, -0.25) is 0 Å². The van der Waals surface area contributed by atoms with Gasteiger partial charge in [-0.05, 0) is 0 Å². The molecule has 2 aliphatic carbocycles. The Bertz CT molecular complexity index is 2300. The van der Waals surface area contributed by atoms with Crippen LogP contribution >= 0.6 is 24.8 Å². The molecule has 2 aliphatic rings. The molecule has 0 bridgehead atoms. The van der Waals surface area contributed by atoms with E-state index in [0.717, 1.165) is 0 Å². The molecule has 0 amide bonds. The molecular formula is C41H34Cl2GeHf. The van der Waals surface area contributed by atoms with Crippen LogP contribution in [0.5, 0.6) is 0 Å². The van der Waals surface area contributed by atoms with E-state index >= 15 is 0 Å². The van der Waals surface area contributed by atoms with Crippen LogP contribution in [0.25, 0.3) is 55.2 Å². The Labute approximate surface area is 282 Å². The average Bonchev–Trinajstić information content (AvgIpc) is 3.73. The summed E-state index contributed by atoms with van der Waals surface area (Å²) in [4.78, 5) is 0. The van der Waals surface area contributed by atoms with E-state index < -0.39 is 15.4 Å². The molecule has 0 aromatic heterocycles. The molecule has 7 aromatic rings. The second-order valence-corrected chi connectivity index (χ2v) is 67.8. The standard InChI is InChI=1S/2C17H11.C6H5.CH3.2ClH.GeH2.Hf/c2*1-3-8-14-12(6-1)13-7-2-4-9-15(13)17-11-5-10-16(14)17;1-2-4-6-5-3-1;;;;;/h2*1-11H;1-5H;1H3;2*1H;1H2;. The molecule has 0 spiro atoms. The Balaban J connectivity index is 0.00000163. The summed E-state index contributed by atoms with van der Waals surface area (Å²) in [6.45, 7) is 0. The molecule has 0 aliphatic heterocycles. The first kappa shape index (κ1) is 30.7. The number of benzene rings is 7. The van der Waals surface area contributed by atoms with E-state index in [1.54, 1.807) is 14.4 Å². The molecule has 2 unspecified atom stereocenters. The Hall–Kier alpha value is -2.95. The SMILES string of the molecule is Cl.Cl.[CH3][Hf](=[GeH2])([c]1ccccc1)([CH]1C=Cc2c1c1ccccc1c1ccccc21)[CH]1C=Cc2c1c1ccccc1c1ccccc21. The van der Waals surface area contributed by atoms with Crippen LogP contribution in [0.15, 0.2) is 140 Å². The summed E-state index contributed by atoms with van der Waals surface area (Å²) in [5.41, 5.74) is 6.04. The molecular weight excluding hydrogens is 814 g/mol. The summed E-state index contributed by atoms with van der Waals surface area (Å²) >= 11 is -2.87. The van der Waals surface area contributed by atoms with Crippen LogP contribution < -0.4 is 3.32 Å². The van der Waals surface area contributed by atoms with Crippen LogP contribution in [0.1, 0.15) is 29.6 Å². The van der Waals surface area contributed by atoms with Crippen molar-refractivity contribution >= 4 is 95.6 Å². The van der Waals surface area contributed by atoms with Gasteiger partial charge in [0.1, 0.15) is 0 Å². The van der Waals surface area contributed by atoms with Crippen molar-refractivity contribution in [3.05, 3.63) is 162 Å². The molecule has 7 aromatic carbocycles. The number of hydrogen-bond acceptors (Lipinski definition) is 0. The first-order chi connectivity index (χ1) is 21.1. The van der Waals surface area contributed by atoms with Crippen LogP contribution in [-0.2, 0) is 15.4 Å². The van der Waals surface area contributed by atoms with Gasteiger partial charge < -0.3 is 0 Å². The fourth-order valence-electron chi connectivity index (χ4n) is 8.81. The molecule has 0 nitrogen and oxygen atoms in total. The average molecular weight is 849 g/mol. The van der Waals surface area contributed by atoms with Crippen molar-refractivity contribution in [3.8, 4) is 0 Å². The Morgan fingerprint density at radius 3 is 1.13 bits per heavy atom. The zero-order chi connectivity index (χ0) is 28.8. The van der Waals surface area contributed by atoms with Crippen molar-refractivity contribution in [1.82, 2.24) is 0 Å². The van der Waals surface area contributed by atoms with Gasteiger partial charge in [0.05, 0.1) is 0 Å². The summed E-state index contributed by atoms with van der Waals surface area (Å²) in [5.74, 6) is 0. The fraction of sp³-hybridized carbons (Fsp3) is 0.0732. The normalized spacial score (nSPS) is 16.9. The number of rotatable bonds is 3. The molecule has 0 heterocycles. The quantitative estimate of drug-likeness (QED) is 0.123. The number of fused-ring (bicyclic) bond motifs is 12. The zero-order valence-electron chi connectivity index (χ0n) is 25.1. The van der Waals surface area contributed by atoms with Crippen LogP contribution in [-0.4, -0.2) is 12.2 Å². The summed E-state index contributed by atoms with van der Waals surface area (Å²) < 4.78 is 5.30. The Kier molecular flexibility index (Phi) is 7.57. The topological polar surface area (TPSA) is 0 Å². The van der Waals surface area contributed by atoms with Crippen molar-refractivity contribution in [2.45, 2.75) is 12.0 Å². The van der Waals surface area contributed by atoms with Crippen LogP contribution in [0.3, 0.4) is 0 Å². The fourth-order valence-corrected chi connectivity index (χ4v) is 45.2. The maximum atomic E-state index is 2.81. The van der Waals surface area contributed by atoms with Crippen molar-refractivity contribution in [3.63, 3.8) is 0 Å². The number of halogens is 2. The van der Waals surface area contributed by atoms with Crippen LogP contribution in [0, 0.1) is 0 Å². The molecule has 0 fully saturated rings. The molecule has 9 rings (SSSR count). The zero-order valence-corrected chi connectivity index (χ0v) is 33.3. The minimum atomic E-state index is -4.20. The van der Waals surface area contributed by atoms with Crippen molar-refractivity contribution in [2.75, 3.05) is 0 Å². The molecule has 0 saturated carbocycles. The molecule has 0 saturated heterocycles. The van der Waals surface area contributed by atoms with Gasteiger partial charge >= 0.3 is 260 Å². The van der Waals surface area contributed by atoms with Crippen molar-refractivity contribution in [2.24, 2.45) is 0 Å². The van der Waals surface area contributed by atoms with Crippen LogP contribution in [0.2, 0.25) is 4.68 Å². The third-order valence-electron chi connectivity index (χ3n) is 10.9. The van der Waals surface area contributed by atoms with Gasteiger partial charge in [-0.25, -0.2) is 0 Å². The van der Waals surface area contributed by atoms with Crippen molar-refractivity contribution in [1.29, 1.82) is 0 Å². The molecule has 2 atom stereocenters. The van der Waals surface area contributed by atoms with Gasteiger partial charge in [0, 0.05) is 0 Å². The minimum absolute atomic E-state index is 0. The van der Waals surface area contributed by atoms with Gasteiger partial charge in [-0.15, -0.1) is 24.8 Å². The predicted molar refractivity (Wildman–Crippen MR) is 201 cm³/mol. The third-order valence-corrected chi connectivity index (χ3v) is 56.0. The van der Waals surface area contributed by atoms with E-state index in [2.05, 4.69) is 156 Å². The summed E-state index contributed by atoms with van der Waals surface area (Å²) in [6, 6.07) is 48.2. The summed E-state index contributed by atoms with van der Waals surface area (Å²) in [7, 11) is 0. The predicted octanol–water partition coefficient (Wildman–Crippen LogP) is 10.6. The van der Waals surface area contributed by atoms with E-state index in [0.29, 0.717) is 7.35 Å². The van der Waals surface area contributed by atoms with Gasteiger partial charge in [0.2, 0.25) is 0 Å². The maximum absolute atomic E-state index is 4.20. The second-order valence-electron chi connectivity index (χ2n) is 13.1. The van der Waals surface area contributed by atoms with Gasteiger partial charge in [-0.1, -0.05) is 0 Å². The van der Waals surface area contributed by atoms with E-state index in [9.17, 15) is 0 Å². The molecule has 0 radical (unpaired) electrons. The van der Waals surface area contributed by atoms with Gasteiger partial charge in [0.25, 0.3) is 0 Å². The second kappa shape index (κ2) is 11.1. The molecule has 45 heavy (non-hydrogen) atoms. The third kappa shape index (κ3) is 4.13. The Morgan fingerprint density at radius 2 is 0.733 bits per heavy atom. The van der Waals surface area contributed by atoms with Gasteiger partial charge in [-0.2, -0.15) is 0 Å².